The first kappa shape index (κ1) is 32.1. The number of aliphatic hydroxyl groups is 2. The Hall–Kier alpha value is -4.51. The first-order chi connectivity index (χ1) is 23.2. The normalized spacial score (nSPS) is 23.0. The minimum absolute atomic E-state index is 0.00818. The molecule has 1 aliphatic heterocycles. The molecule has 4 heterocycles. The van der Waals surface area contributed by atoms with Gasteiger partial charge in [0, 0.05) is 38.0 Å². The zero-order valence-corrected chi connectivity index (χ0v) is 27.5. The van der Waals surface area contributed by atoms with Crippen molar-refractivity contribution in [3.63, 3.8) is 0 Å². The highest BCUT2D eigenvalue weighted by atomic mass is 32.2. The number of nitrogens with zero attached hydrogens (tertiary/aromatic N) is 9. The van der Waals surface area contributed by atoms with Gasteiger partial charge < -0.3 is 25.0 Å². The number of sulfonamides is 1. The summed E-state index contributed by atoms with van der Waals surface area (Å²) in [5, 5.41) is 38.5. The van der Waals surface area contributed by atoms with Crippen molar-refractivity contribution in [1.29, 1.82) is 0 Å². The largest absolute Gasteiger partial charge is 0.388 e. The van der Waals surface area contributed by atoms with E-state index in [4.69, 9.17) is 15.0 Å². The van der Waals surface area contributed by atoms with E-state index < -0.39 is 34.3 Å². The fourth-order valence-electron chi connectivity index (χ4n) is 6.78. The Bertz CT molecular complexity index is 1930. The molecule has 48 heavy (non-hydrogen) atoms. The number of hydrogen-bond donors (Lipinski definition) is 4. The summed E-state index contributed by atoms with van der Waals surface area (Å²) in [5.41, 5.74) is 3.28. The van der Waals surface area contributed by atoms with Gasteiger partial charge in [0.15, 0.2) is 22.8 Å². The zero-order valence-electron chi connectivity index (χ0n) is 26.7. The summed E-state index contributed by atoms with van der Waals surface area (Å²) in [6.07, 6.45) is 2.01. The van der Waals surface area contributed by atoms with Gasteiger partial charge in [-0.05, 0) is 29.2 Å². The molecule has 0 spiro atoms. The molecule has 252 valence electrons. The van der Waals surface area contributed by atoms with Crippen LogP contribution in [-0.2, 0) is 16.4 Å². The number of benzene rings is 2. The van der Waals surface area contributed by atoms with Crippen LogP contribution in [0.2, 0.25) is 0 Å². The quantitative estimate of drug-likeness (QED) is 0.159. The smallest absolute Gasteiger partial charge is 0.229 e. The molecule has 1 unspecified atom stereocenters. The summed E-state index contributed by atoms with van der Waals surface area (Å²) in [7, 11) is -3.39. The molecular formula is C32H39N11O4S. The van der Waals surface area contributed by atoms with Gasteiger partial charge in [0.25, 0.3) is 0 Å². The van der Waals surface area contributed by atoms with E-state index in [0.717, 1.165) is 17.4 Å². The van der Waals surface area contributed by atoms with Crippen LogP contribution >= 0.6 is 0 Å². The Labute approximate surface area is 278 Å². The predicted octanol–water partition coefficient (Wildman–Crippen LogP) is 1.65. The lowest BCUT2D eigenvalue weighted by Gasteiger charge is -2.22. The third-order valence-corrected chi connectivity index (χ3v) is 9.96. The molecule has 4 N–H and O–H groups in total. The van der Waals surface area contributed by atoms with Crippen LogP contribution in [0.1, 0.15) is 54.7 Å². The van der Waals surface area contributed by atoms with Crippen molar-refractivity contribution >= 4 is 33.0 Å². The molecule has 1 saturated heterocycles. The Morgan fingerprint density at radius 3 is 2.31 bits per heavy atom. The van der Waals surface area contributed by atoms with Crippen molar-refractivity contribution < 1.29 is 18.6 Å². The van der Waals surface area contributed by atoms with Crippen molar-refractivity contribution in [3.8, 4) is 0 Å². The number of aryl methyl sites for hydroxylation is 1. The van der Waals surface area contributed by atoms with Crippen molar-refractivity contribution in [3.05, 3.63) is 83.9 Å². The second kappa shape index (κ2) is 13.2. The summed E-state index contributed by atoms with van der Waals surface area (Å²) < 4.78 is 28.4. The van der Waals surface area contributed by atoms with Crippen LogP contribution in [0.25, 0.3) is 11.2 Å². The van der Waals surface area contributed by atoms with E-state index in [2.05, 4.69) is 49.7 Å². The monoisotopic (exact) mass is 673 g/mol. The maximum Gasteiger partial charge on any atom is 0.229 e. The molecule has 7 rings (SSSR count). The SMILES string of the molecule is CCc1nnn([C@H]2C[C@@H](n3cnc4c(NCC(c5ccccc5)c5ccccc5)nc(N5CCC(NS(C)(=O)=O)C5)nc43)[C@H](O)[C@@H]2O)n1. The zero-order chi connectivity index (χ0) is 33.4. The van der Waals surface area contributed by atoms with E-state index in [0.29, 0.717) is 67.7 Å². The minimum Gasteiger partial charge on any atom is -0.388 e. The number of nitrogens with one attached hydrogen (secondary N) is 2. The van der Waals surface area contributed by atoms with Gasteiger partial charge in [-0.15, -0.1) is 10.2 Å². The van der Waals surface area contributed by atoms with Crippen LogP contribution in [0.4, 0.5) is 11.8 Å². The maximum atomic E-state index is 12.0. The molecule has 2 fully saturated rings. The number of imidazole rings is 1. The van der Waals surface area contributed by atoms with E-state index in [1.54, 1.807) is 10.9 Å². The number of tetrazole rings is 1. The third kappa shape index (κ3) is 6.48. The summed E-state index contributed by atoms with van der Waals surface area (Å²) in [5.74, 6) is 1.49. The van der Waals surface area contributed by atoms with Gasteiger partial charge in [0.2, 0.25) is 16.0 Å². The van der Waals surface area contributed by atoms with Crippen LogP contribution in [0.3, 0.4) is 0 Å². The van der Waals surface area contributed by atoms with Gasteiger partial charge in [0.05, 0.1) is 18.6 Å². The number of anilines is 2. The fourth-order valence-corrected chi connectivity index (χ4v) is 7.58. The van der Waals surface area contributed by atoms with Gasteiger partial charge in [-0.3, -0.25) is 0 Å². The average Bonchev–Trinajstić information content (AvgIpc) is 3.89. The molecule has 15 nitrogen and oxygen atoms in total. The molecule has 2 aromatic carbocycles. The Balaban J connectivity index is 1.25. The lowest BCUT2D eigenvalue weighted by Crippen LogP contribution is -2.36. The standard InChI is InChI=1S/C32H39N11O4S/c1-3-26-37-40-43(38-26)25-16-24(28(44)29(25)45)42-19-34-27-30(33-17-23(20-10-6-4-7-11-20)21-12-8-5-9-13-21)35-32(36-31(27)42)41-15-14-22(18-41)39-48(2,46)47/h4-13,19,22-25,28-29,39,44-45H,3,14-18H2,1-2H3,(H,33,35,36)/t22?,24-,25+,28+,29-/m1/s1. The van der Waals surface area contributed by atoms with Crippen LogP contribution in [0, 0.1) is 0 Å². The van der Waals surface area contributed by atoms with Crippen LogP contribution in [0.15, 0.2) is 67.0 Å². The van der Waals surface area contributed by atoms with E-state index in [1.165, 1.54) is 4.80 Å². The molecule has 5 aromatic rings. The topological polar surface area (TPSA) is 189 Å². The van der Waals surface area contributed by atoms with Gasteiger partial charge in [-0.2, -0.15) is 14.8 Å². The lowest BCUT2D eigenvalue weighted by molar-refractivity contribution is 0.00473. The van der Waals surface area contributed by atoms with Gasteiger partial charge in [0.1, 0.15) is 18.2 Å². The average molecular weight is 674 g/mol. The number of hydrogen-bond acceptors (Lipinski definition) is 12. The molecule has 16 heteroatoms. The highest BCUT2D eigenvalue weighted by Crippen LogP contribution is 2.40. The molecule has 3 aromatic heterocycles. The number of fused-ring (bicyclic) bond motifs is 1. The van der Waals surface area contributed by atoms with Gasteiger partial charge in [-0.1, -0.05) is 67.6 Å². The lowest BCUT2D eigenvalue weighted by atomic mass is 9.91. The molecule has 5 atom stereocenters. The Morgan fingerprint density at radius 1 is 0.979 bits per heavy atom. The molecule has 1 saturated carbocycles. The van der Waals surface area contributed by atoms with E-state index in [-0.39, 0.29) is 12.0 Å². The summed E-state index contributed by atoms with van der Waals surface area (Å²) in [6.45, 7) is 3.38. The molecule has 0 bridgehead atoms. The molecular weight excluding hydrogens is 634 g/mol. The summed E-state index contributed by atoms with van der Waals surface area (Å²) in [6, 6.07) is 19.0. The second-order valence-corrected chi connectivity index (χ2v) is 14.3. The van der Waals surface area contributed by atoms with Gasteiger partial charge in [-0.25, -0.2) is 18.1 Å². The molecule has 0 amide bonds. The molecule has 2 aliphatic rings. The van der Waals surface area contributed by atoms with Crippen molar-refractivity contribution in [1.82, 2.24) is 44.4 Å². The van der Waals surface area contributed by atoms with Gasteiger partial charge >= 0.3 is 0 Å². The predicted molar refractivity (Wildman–Crippen MR) is 179 cm³/mol. The highest BCUT2D eigenvalue weighted by Gasteiger charge is 2.45. The number of aliphatic hydroxyl groups excluding tert-OH is 2. The first-order valence-corrected chi connectivity index (χ1v) is 18.0. The van der Waals surface area contributed by atoms with Crippen LogP contribution in [-0.4, -0.2) is 102 Å². The summed E-state index contributed by atoms with van der Waals surface area (Å²) >= 11 is 0. The van der Waals surface area contributed by atoms with Crippen molar-refractivity contribution in [2.75, 3.05) is 36.1 Å². The molecule has 0 radical (unpaired) electrons. The van der Waals surface area contributed by atoms with Crippen LogP contribution in [0.5, 0.6) is 0 Å². The Kier molecular flexibility index (Phi) is 8.80. The van der Waals surface area contributed by atoms with E-state index in [9.17, 15) is 18.6 Å². The van der Waals surface area contributed by atoms with Crippen molar-refractivity contribution in [2.45, 2.75) is 62.4 Å². The van der Waals surface area contributed by atoms with Crippen molar-refractivity contribution in [2.24, 2.45) is 0 Å². The fraction of sp³-hybridized carbons (Fsp3) is 0.438. The highest BCUT2D eigenvalue weighted by molar-refractivity contribution is 7.88. The maximum absolute atomic E-state index is 12.0. The summed E-state index contributed by atoms with van der Waals surface area (Å²) in [4.78, 5) is 17.9. The second-order valence-electron chi connectivity index (χ2n) is 12.5. The van der Waals surface area contributed by atoms with E-state index >= 15 is 0 Å². The third-order valence-electron chi connectivity index (χ3n) is 9.20. The number of rotatable bonds is 11. The minimum atomic E-state index is -3.39. The van der Waals surface area contributed by atoms with Crippen LogP contribution < -0.4 is 14.9 Å². The first-order valence-electron chi connectivity index (χ1n) is 16.1. The number of aromatic nitrogens is 8. The molecule has 1 aliphatic carbocycles. The Morgan fingerprint density at radius 2 is 1.67 bits per heavy atom. The van der Waals surface area contributed by atoms with E-state index in [1.807, 2.05) is 48.2 Å².